The smallest absolute Gasteiger partial charge is 0.290 e. The molecule has 0 aliphatic carbocycles. The van der Waals surface area contributed by atoms with Crippen molar-refractivity contribution in [2.45, 2.75) is 12.8 Å². The van der Waals surface area contributed by atoms with Gasteiger partial charge < -0.3 is 0 Å². The van der Waals surface area contributed by atoms with Crippen LogP contribution in [-0.2, 0) is 6.42 Å². The highest BCUT2D eigenvalue weighted by Gasteiger charge is 2.04. The second-order valence-corrected chi connectivity index (χ2v) is 3.12. The zero-order chi connectivity index (χ0) is 11.5. The second-order valence-electron chi connectivity index (χ2n) is 3.12. The van der Waals surface area contributed by atoms with Crippen molar-refractivity contribution in [3.8, 4) is 6.07 Å². The quantitative estimate of drug-likeness (QED) is 0.701. The van der Waals surface area contributed by atoms with Gasteiger partial charge in [-0.25, -0.2) is 14.8 Å². The SMILES string of the molecule is N#CCCc1cnc2[nH]c(=O)[nH]c(=O)c2n1. The van der Waals surface area contributed by atoms with Crippen molar-refractivity contribution < 1.29 is 0 Å². The van der Waals surface area contributed by atoms with E-state index >= 15 is 0 Å². The van der Waals surface area contributed by atoms with Crippen LogP contribution in [0.1, 0.15) is 12.1 Å². The molecule has 80 valence electrons. The van der Waals surface area contributed by atoms with E-state index in [9.17, 15) is 9.59 Å². The van der Waals surface area contributed by atoms with E-state index in [-0.39, 0.29) is 11.2 Å². The fourth-order valence-corrected chi connectivity index (χ4v) is 1.28. The van der Waals surface area contributed by atoms with Gasteiger partial charge in [0.2, 0.25) is 0 Å². The molecule has 0 spiro atoms. The summed E-state index contributed by atoms with van der Waals surface area (Å²) in [5.74, 6) is 0. The zero-order valence-electron chi connectivity index (χ0n) is 8.15. The van der Waals surface area contributed by atoms with Gasteiger partial charge in [-0.05, 0) is 0 Å². The summed E-state index contributed by atoms with van der Waals surface area (Å²) in [5.41, 5.74) is -0.419. The highest BCUT2D eigenvalue weighted by Crippen LogP contribution is 2.01. The number of hydrogen-bond acceptors (Lipinski definition) is 5. The summed E-state index contributed by atoms with van der Waals surface area (Å²) < 4.78 is 0. The summed E-state index contributed by atoms with van der Waals surface area (Å²) in [6.07, 6.45) is 2.18. The van der Waals surface area contributed by atoms with Gasteiger partial charge in [-0.15, -0.1) is 0 Å². The van der Waals surface area contributed by atoms with Crippen molar-refractivity contribution in [1.82, 2.24) is 19.9 Å². The van der Waals surface area contributed by atoms with Crippen molar-refractivity contribution in [2.75, 3.05) is 0 Å². The van der Waals surface area contributed by atoms with Crippen LogP contribution >= 0.6 is 0 Å². The molecule has 0 saturated carbocycles. The molecule has 0 aliphatic heterocycles. The van der Waals surface area contributed by atoms with Crippen LogP contribution in [0.25, 0.3) is 11.2 Å². The normalized spacial score (nSPS) is 10.2. The summed E-state index contributed by atoms with van der Waals surface area (Å²) in [5, 5.41) is 8.42. The first kappa shape index (κ1) is 10.0. The number of hydrogen-bond donors (Lipinski definition) is 2. The summed E-state index contributed by atoms with van der Waals surface area (Å²) in [4.78, 5) is 34.7. The molecule has 0 saturated heterocycles. The maximum Gasteiger partial charge on any atom is 0.327 e. The minimum absolute atomic E-state index is 0.0787. The Morgan fingerprint density at radius 2 is 2.19 bits per heavy atom. The van der Waals surface area contributed by atoms with Crippen molar-refractivity contribution in [3.63, 3.8) is 0 Å². The van der Waals surface area contributed by atoms with Gasteiger partial charge in [0.15, 0.2) is 11.2 Å². The molecular formula is C9H7N5O2. The van der Waals surface area contributed by atoms with Crippen molar-refractivity contribution in [1.29, 1.82) is 5.26 Å². The number of aromatic nitrogens is 4. The minimum atomic E-state index is -0.614. The maximum absolute atomic E-state index is 11.4. The summed E-state index contributed by atoms with van der Waals surface area (Å²) >= 11 is 0. The topological polar surface area (TPSA) is 115 Å². The highest BCUT2D eigenvalue weighted by atomic mass is 16.2. The Balaban J connectivity index is 2.59. The second kappa shape index (κ2) is 3.94. The molecule has 2 N–H and O–H groups in total. The number of nitrogens with one attached hydrogen (secondary N) is 2. The van der Waals surface area contributed by atoms with E-state index in [1.54, 1.807) is 0 Å². The number of aryl methyl sites for hydroxylation is 1. The van der Waals surface area contributed by atoms with Crippen molar-refractivity contribution in [3.05, 3.63) is 32.7 Å². The number of rotatable bonds is 2. The predicted octanol–water partition coefficient (Wildman–Crippen LogP) is -0.537. The van der Waals surface area contributed by atoms with Gasteiger partial charge in [0.05, 0.1) is 18.0 Å². The van der Waals surface area contributed by atoms with Crippen LogP contribution in [0.5, 0.6) is 0 Å². The largest absolute Gasteiger partial charge is 0.327 e. The first-order chi connectivity index (χ1) is 7.70. The fourth-order valence-electron chi connectivity index (χ4n) is 1.28. The summed E-state index contributed by atoms with van der Waals surface area (Å²) in [6, 6.07) is 1.98. The molecular weight excluding hydrogens is 210 g/mol. The van der Waals surface area contributed by atoms with E-state index in [4.69, 9.17) is 5.26 Å². The molecule has 0 fully saturated rings. The maximum atomic E-state index is 11.4. The van der Waals surface area contributed by atoms with Crippen LogP contribution in [0, 0.1) is 11.3 Å². The molecule has 0 unspecified atom stereocenters. The molecule has 0 aromatic carbocycles. The average Bonchev–Trinajstić information content (AvgIpc) is 2.26. The number of H-pyrrole nitrogens is 2. The Morgan fingerprint density at radius 3 is 2.94 bits per heavy atom. The lowest BCUT2D eigenvalue weighted by atomic mass is 10.2. The summed E-state index contributed by atoms with van der Waals surface area (Å²) in [6.45, 7) is 0. The molecule has 16 heavy (non-hydrogen) atoms. The van der Waals surface area contributed by atoms with E-state index in [0.717, 1.165) is 0 Å². The van der Waals surface area contributed by atoms with E-state index in [1.165, 1.54) is 6.20 Å². The number of nitrogens with zero attached hydrogens (tertiary/aromatic N) is 3. The van der Waals surface area contributed by atoms with E-state index in [2.05, 4.69) is 19.9 Å². The lowest BCUT2D eigenvalue weighted by Gasteiger charge is -1.98. The lowest BCUT2D eigenvalue weighted by molar-refractivity contribution is 0.935. The average molecular weight is 217 g/mol. The summed E-state index contributed by atoms with van der Waals surface area (Å²) in [7, 11) is 0. The molecule has 0 bridgehead atoms. The molecule has 7 nitrogen and oxygen atoms in total. The third-order valence-electron chi connectivity index (χ3n) is 1.99. The van der Waals surface area contributed by atoms with Gasteiger partial charge >= 0.3 is 5.69 Å². The third-order valence-corrected chi connectivity index (χ3v) is 1.99. The minimum Gasteiger partial charge on any atom is -0.290 e. The van der Waals surface area contributed by atoms with Gasteiger partial charge in [0, 0.05) is 12.8 Å². The van der Waals surface area contributed by atoms with Gasteiger partial charge in [-0.3, -0.25) is 14.8 Å². The van der Waals surface area contributed by atoms with Crippen LogP contribution in [0.2, 0.25) is 0 Å². The van der Waals surface area contributed by atoms with Gasteiger partial charge in [-0.1, -0.05) is 0 Å². The third kappa shape index (κ3) is 1.81. The highest BCUT2D eigenvalue weighted by molar-refractivity contribution is 5.67. The molecule has 0 radical (unpaired) electrons. The van der Waals surface area contributed by atoms with Crippen LogP contribution in [0.4, 0.5) is 0 Å². The van der Waals surface area contributed by atoms with Crippen molar-refractivity contribution >= 4 is 11.2 Å². The molecule has 7 heteroatoms. The standard InChI is InChI=1S/C9H7N5O2/c10-3-1-2-5-4-11-7-6(12-5)8(15)14-9(16)13-7/h4H,1-2H2,(H2,11,13,14,15,16). The van der Waals surface area contributed by atoms with Crippen LogP contribution in [-0.4, -0.2) is 19.9 Å². The Morgan fingerprint density at radius 1 is 1.38 bits per heavy atom. The predicted molar refractivity (Wildman–Crippen MR) is 54.7 cm³/mol. The lowest BCUT2D eigenvalue weighted by Crippen LogP contribution is -2.23. The Bertz CT molecular complexity index is 679. The van der Waals surface area contributed by atoms with Gasteiger partial charge in [0.1, 0.15) is 0 Å². The van der Waals surface area contributed by atoms with E-state index in [1.807, 2.05) is 6.07 Å². The first-order valence-corrected chi connectivity index (χ1v) is 4.56. The van der Waals surface area contributed by atoms with E-state index < -0.39 is 11.2 Å². The van der Waals surface area contributed by atoms with Crippen LogP contribution < -0.4 is 11.2 Å². The first-order valence-electron chi connectivity index (χ1n) is 4.56. The fraction of sp³-hybridized carbons (Fsp3) is 0.222. The molecule has 2 rings (SSSR count). The number of fused-ring (bicyclic) bond motifs is 1. The van der Waals surface area contributed by atoms with E-state index in [0.29, 0.717) is 18.5 Å². The number of aromatic amines is 2. The number of nitriles is 1. The Hall–Kier alpha value is -2.49. The molecule has 2 heterocycles. The molecule has 2 aromatic heterocycles. The Labute approximate surface area is 88.8 Å². The molecule has 0 aliphatic rings. The van der Waals surface area contributed by atoms with Crippen LogP contribution in [0.15, 0.2) is 15.8 Å². The molecule has 0 atom stereocenters. The van der Waals surface area contributed by atoms with Gasteiger partial charge in [0.25, 0.3) is 5.56 Å². The molecule has 0 amide bonds. The van der Waals surface area contributed by atoms with Gasteiger partial charge in [-0.2, -0.15) is 5.26 Å². The Kier molecular flexibility index (Phi) is 2.47. The monoisotopic (exact) mass is 217 g/mol. The molecule has 2 aromatic rings. The zero-order valence-corrected chi connectivity index (χ0v) is 8.15. The van der Waals surface area contributed by atoms with Crippen LogP contribution in [0.3, 0.4) is 0 Å². The van der Waals surface area contributed by atoms with Crippen molar-refractivity contribution in [2.24, 2.45) is 0 Å².